The maximum atomic E-state index is 10.6. The van der Waals surface area contributed by atoms with Crippen LogP contribution in [0.15, 0.2) is 42.9 Å². The number of aromatic carboxylic acids is 1. The summed E-state index contributed by atoms with van der Waals surface area (Å²) in [6.45, 7) is 0. The van der Waals surface area contributed by atoms with Crippen LogP contribution in [0.25, 0.3) is 0 Å². The first-order chi connectivity index (χ1) is 7.75. The lowest BCUT2D eigenvalue weighted by Crippen LogP contribution is -1.99. The Morgan fingerprint density at radius 3 is 2.69 bits per heavy atom. The predicted octanol–water partition coefficient (Wildman–Crippen LogP) is 1.92. The number of nitrogens with one attached hydrogen (secondary N) is 1. The van der Waals surface area contributed by atoms with Crippen LogP contribution in [0.3, 0.4) is 0 Å². The smallest absolute Gasteiger partial charge is 0.337 e. The lowest BCUT2D eigenvalue weighted by atomic mass is 10.3. The van der Waals surface area contributed by atoms with Crippen molar-refractivity contribution in [2.24, 2.45) is 0 Å². The van der Waals surface area contributed by atoms with E-state index in [4.69, 9.17) is 5.11 Å². The molecule has 0 aromatic carbocycles. The van der Waals surface area contributed by atoms with Gasteiger partial charge in [0.2, 0.25) is 0 Å². The van der Waals surface area contributed by atoms with E-state index in [9.17, 15) is 4.79 Å². The average Bonchev–Trinajstić information content (AvgIpc) is 2.31. The molecule has 0 aliphatic carbocycles. The predicted molar refractivity (Wildman–Crippen MR) is 58.7 cm³/mol. The van der Waals surface area contributed by atoms with E-state index in [-0.39, 0.29) is 5.56 Å². The van der Waals surface area contributed by atoms with Crippen molar-refractivity contribution in [2.45, 2.75) is 0 Å². The maximum absolute atomic E-state index is 10.6. The molecule has 5 heteroatoms. The summed E-state index contributed by atoms with van der Waals surface area (Å²) in [5.74, 6) is -0.404. The van der Waals surface area contributed by atoms with Gasteiger partial charge in [0.25, 0.3) is 0 Å². The molecule has 0 spiro atoms. The standard InChI is InChI=1S/C11H9N3O2/c15-11(16)8-3-4-10(13-6-8)14-9-2-1-5-12-7-9/h1-7H,(H,13,14)(H,15,16). The summed E-state index contributed by atoms with van der Waals surface area (Å²) in [7, 11) is 0. The highest BCUT2D eigenvalue weighted by Gasteiger charge is 2.02. The molecule has 2 rings (SSSR count). The Kier molecular flexibility index (Phi) is 2.77. The molecule has 2 N–H and O–H groups in total. The fraction of sp³-hybridized carbons (Fsp3) is 0. The van der Waals surface area contributed by atoms with Gasteiger partial charge in [0.05, 0.1) is 17.4 Å². The fourth-order valence-corrected chi connectivity index (χ4v) is 1.18. The Morgan fingerprint density at radius 1 is 1.25 bits per heavy atom. The minimum atomic E-state index is -0.986. The molecule has 0 saturated carbocycles. The number of aromatic nitrogens is 2. The molecule has 0 fully saturated rings. The van der Waals surface area contributed by atoms with E-state index in [1.807, 2.05) is 6.07 Å². The Morgan fingerprint density at radius 2 is 2.12 bits per heavy atom. The summed E-state index contributed by atoms with van der Waals surface area (Å²) >= 11 is 0. The zero-order valence-electron chi connectivity index (χ0n) is 8.29. The van der Waals surface area contributed by atoms with Crippen molar-refractivity contribution in [3.63, 3.8) is 0 Å². The van der Waals surface area contributed by atoms with Crippen molar-refractivity contribution in [3.05, 3.63) is 48.4 Å². The van der Waals surface area contributed by atoms with Gasteiger partial charge >= 0.3 is 5.97 Å². The molecule has 2 aromatic rings. The topological polar surface area (TPSA) is 75.1 Å². The molecule has 80 valence electrons. The monoisotopic (exact) mass is 215 g/mol. The van der Waals surface area contributed by atoms with Crippen molar-refractivity contribution in [1.82, 2.24) is 9.97 Å². The fourth-order valence-electron chi connectivity index (χ4n) is 1.18. The van der Waals surface area contributed by atoms with Gasteiger partial charge in [-0.1, -0.05) is 0 Å². The summed E-state index contributed by atoms with van der Waals surface area (Å²) in [5.41, 5.74) is 0.967. The maximum Gasteiger partial charge on any atom is 0.337 e. The lowest BCUT2D eigenvalue weighted by Gasteiger charge is -2.04. The number of anilines is 2. The van der Waals surface area contributed by atoms with Gasteiger partial charge < -0.3 is 10.4 Å². The van der Waals surface area contributed by atoms with Gasteiger partial charge in [-0.15, -0.1) is 0 Å². The number of carboxylic acids is 1. The van der Waals surface area contributed by atoms with Crippen LogP contribution < -0.4 is 5.32 Å². The second-order valence-electron chi connectivity index (χ2n) is 3.10. The Bertz CT molecular complexity index is 482. The van der Waals surface area contributed by atoms with Gasteiger partial charge in [0.15, 0.2) is 0 Å². The summed E-state index contributed by atoms with van der Waals surface area (Å²) in [6.07, 6.45) is 4.64. The highest BCUT2D eigenvalue weighted by Crippen LogP contribution is 2.12. The molecular weight excluding hydrogens is 206 g/mol. The largest absolute Gasteiger partial charge is 0.478 e. The van der Waals surface area contributed by atoms with Gasteiger partial charge in [0.1, 0.15) is 5.82 Å². The highest BCUT2D eigenvalue weighted by atomic mass is 16.4. The molecular formula is C11H9N3O2. The van der Waals surface area contributed by atoms with Crippen LogP contribution >= 0.6 is 0 Å². The van der Waals surface area contributed by atoms with E-state index in [1.54, 1.807) is 24.5 Å². The zero-order chi connectivity index (χ0) is 11.4. The molecule has 0 aliphatic heterocycles. The van der Waals surface area contributed by atoms with Crippen molar-refractivity contribution in [3.8, 4) is 0 Å². The molecule has 2 aromatic heterocycles. The second kappa shape index (κ2) is 4.39. The average molecular weight is 215 g/mol. The highest BCUT2D eigenvalue weighted by molar-refractivity contribution is 5.87. The van der Waals surface area contributed by atoms with E-state index < -0.39 is 5.97 Å². The SMILES string of the molecule is O=C(O)c1ccc(Nc2cccnc2)nc1. The number of nitrogens with zero attached hydrogens (tertiary/aromatic N) is 2. The quantitative estimate of drug-likeness (QED) is 0.818. The van der Waals surface area contributed by atoms with Gasteiger partial charge in [-0.2, -0.15) is 0 Å². The summed E-state index contributed by atoms with van der Waals surface area (Å²) < 4.78 is 0. The van der Waals surface area contributed by atoms with Gasteiger partial charge in [-0.3, -0.25) is 4.98 Å². The Labute approximate surface area is 91.8 Å². The third-order valence-corrected chi connectivity index (χ3v) is 1.94. The third-order valence-electron chi connectivity index (χ3n) is 1.94. The lowest BCUT2D eigenvalue weighted by molar-refractivity contribution is 0.0696. The van der Waals surface area contributed by atoms with Crippen molar-refractivity contribution < 1.29 is 9.90 Å². The normalized spacial score (nSPS) is 9.75. The van der Waals surface area contributed by atoms with Crippen molar-refractivity contribution in [2.75, 3.05) is 5.32 Å². The van der Waals surface area contributed by atoms with E-state index >= 15 is 0 Å². The minimum absolute atomic E-state index is 0.164. The number of hydrogen-bond donors (Lipinski definition) is 2. The van der Waals surface area contributed by atoms with Crippen molar-refractivity contribution >= 4 is 17.5 Å². The number of carboxylic acid groups (broad SMARTS) is 1. The van der Waals surface area contributed by atoms with Crippen LogP contribution in [-0.4, -0.2) is 21.0 Å². The molecule has 0 unspecified atom stereocenters. The van der Waals surface area contributed by atoms with Crippen LogP contribution in [0, 0.1) is 0 Å². The molecule has 0 aliphatic rings. The van der Waals surface area contributed by atoms with Crippen LogP contribution in [0.4, 0.5) is 11.5 Å². The molecule has 0 radical (unpaired) electrons. The van der Waals surface area contributed by atoms with E-state index in [0.29, 0.717) is 5.82 Å². The first-order valence-electron chi connectivity index (χ1n) is 4.62. The van der Waals surface area contributed by atoms with E-state index in [2.05, 4.69) is 15.3 Å². The van der Waals surface area contributed by atoms with Gasteiger partial charge in [0, 0.05) is 12.4 Å². The van der Waals surface area contributed by atoms with Crippen LogP contribution in [0.5, 0.6) is 0 Å². The van der Waals surface area contributed by atoms with Crippen LogP contribution in [0.2, 0.25) is 0 Å². The molecule has 0 saturated heterocycles. The molecule has 2 heterocycles. The minimum Gasteiger partial charge on any atom is -0.478 e. The molecule has 5 nitrogen and oxygen atoms in total. The molecule has 0 amide bonds. The summed E-state index contributed by atoms with van der Waals surface area (Å²) in [4.78, 5) is 18.5. The molecule has 16 heavy (non-hydrogen) atoms. The van der Waals surface area contributed by atoms with Crippen LogP contribution in [-0.2, 0) is 0 Å². The van der Waals surface area contributed by atoms with E-state index in [1.165, 1.54) is 12.3 Å². The Balaban J connectivity index is 2.14. The number of hydrogen-bond acceptors (Lipinski definition) is 4. The zero-order valence-corrected chi connectivity index (χ0v) is 8.29. The molecule has 0 bridgehead atoms. The van der Waals surface area contributed by atoms with Gasteiger partial charge in [-0.05, 0) is 24.3 Å². The third kappa shape index (κ3) is 2.33. The first-order valence-corrected chi connectivity index (χ1v) is 4.62. The summed E-state index contributed by atoms with van der Waals surface area (Å²) in [5, 5.41) is 11.7. The van der Waals surface area contributed by atoms with Gasteiger partial charge in [-0.25, -0.2) is 9.78 Å². The number of pyridine rings is 2. The number of carbonyl (C=O) groups is 1. The van der Waals surface area contributed by atoms with E-state index in [0.717, 1.165) is 5.69 Å². The van der Waals surface area contributed by atoms with Crippen LogP contribution in [0.1, 0.15) is 10.4 Å². The summed E-state index contributed by atoms with van der Waals surface area (Å²) in [6, 6.07) is 6.75. The first kappa shape index (κ1) is 10.1. The number of rotatable bonds is 3. The Hall–Kier alpha value is -2.43. The second-order valence-corrected chi connectivity index (χ2v) is 3.10. The molecule has 0 atom stereocenters. The van der Waals surface area contributed by atoms with Crippen molar-refractivity contribution in [1.29, 1.82) is 0 Å².